The van der Waals surface area contributed by atoms with E-state index in [0.29, 0.717) is 28.6 Å². The van der Waals surface area contributed by atoms with Gasteiger partial charge in [-0.2, -0.15) is 0 Å². The number of carbonyl (C=O) groups excluding carboxylic acids is 1. The molecule has 0 saturated carbocycles. The molecule has 0 bridgehead atoms. The minimum atomic E-state index is -0.119. The highest BCUT2D eigenvalue weighted by Crippen LogP contribution is 2.25. The van der Waals surface area contributed by atoms with E-state index in [-0.39, 0.29) is 5.78 Å². The molecular weight excluding hydrogens is 350 g/mol. The van der Waals surface area contributed by atoms with Crippen LogP contribution in [-0.4, -0.2) is 24.5 Å². The maximum atomic E-state index is 12.3. The van der Waals surface area contributed by atoms with Crippen LogP contribution in [0.3, 0.4) is 0 Å². The van der Waals surface area contributed by atoms with Crippen LogP contribution in [0.5, 0.6) is 11.5 Å². The summed E-state index contributed by atoms with van der Waals surface area (Å²) in [6.07, 6.45) is 3.16. The number of hydrogen-bond donors (Lipinski definition) is 0. The summed E-state index contributed by atoms with van der Waals surface area (Å²) in [4.78, 5) is 16.7. The third-order valence-corrected chi connectivity index (χ3v) is 4.17. The molecule has 0 amide bonds. The van der Waals surface area contributed by atoms with Gasteiger partial charge in [0.15, 0.2) is 5.78 Å². The smallest absolute Gasteiger partial charge is 0.185 e. The van der Waals surface area contributed by atoms with E-state index in [0.717, 1.165) is 16.7 Å². The number of rotatable bonds is 6. The molecule has 3 aromatic rings. The van der Waals surface area contributed by atoms with Crippen LogP contribution in [-0.2, 0) is 0 Å². The highest BCUT2D eigenvalue weighted by molar-refractivity contribution is 6.31. The van der Waals surface area contributed by atoms with Crippen molar-refractivity contribution in [3.8, 4) is 11.5 Å². The maximum absolute atomic E-state index is 12.3. The van der Waals surface area contributed by atoms with E-state index in [9.17, 15) is 4.79 Å². The van der Waals surface area contributed by atoms with Crippen LogP contribution < -0.4 is 9.47 Å². The maximum Gasteiger partial charge on any atom is 0.185 e. The van der Waals surface area contributed by atoms with Gasteiger partial charge < -0.3 is 9.47 Å². The van der Waals surface area contributed by atoms with E-state index in [1.54, 1.807) is 37.5 Å². The summed E-state index contributed by atoms with van der Waals surface area (Å²) < 4.78 is 10.6. The second-order valence-corrected chi connectivity index (χ2v) is 5.94. The fraction of sp³-hybridized carbons (Fsp3) is 0.143. The second kappa shape index (κ2) is 8.02. The molecular formula is C21H18ClNO3. The summed E-state index contributed by atoms with van der Waals surface area (Å²) in [6, 6.07) is 14.5. The largest absolute Gasteiger partial charge is 0.497 e. The Morgan fingerprint density at radius 1 is 1.12 bits per heavy atom. The molecule has 0 aliphatic carbocycles. The van der Waals surface area contributed by atoms with Gasteiger partial charge in [0.1, 0.15) is 16.7 Å². The van der Waals surface area contributed by atoms with E-state index in [4.69, 9.17) is 21.1 Å². The second-order valence-electron chi connectivity index (χ2n) is 5.58. The van der Waals surface area contributed by atoms with Crippen LogP contribution in [0.15, 0.2) is 54.6 Å². The van der Waals surface area contributed by atoms with Crippen LogP contribution in [0.1, 0.15) is 22.8 Å². The molecule has 0 saturated heterocycles. The molecule has 0 N–H and O–H groups in total. The molecule has 1 aromatic heterocycles. The lowest BCUT2D eigenvalue weighted by Crippen LogP contribution is -1.95. The number of allylic oxidation sites excluding steroid dienone is 1. The Morgan fingerprint density at radius 3 is 2.54 bits per heavy atom. The summed E-state index contributed by atoms with van der Waals surface area (Å²) in [5, 5.41) is 1.25. The highest BCUT2D eigenvalue weighted by atomic mass is 35.5. The number of methoxy groups -OCH3 is 1. The number of carbonyl (C=O) groups is 1. The SMILES string of the molecule is CCOc1ccc2nc(Cl)c(/C=C/C(=O)c3ccc(OC)cc3)cc2c1. The van der Waals surface area contributed by atoms with Crippen molar-refractivity contribution in [2.24, 2.45) is 0 Å². The van der Waals surface area contributed by atoms with Crippen molar-refractivity contribution in [3.05, 3.63) is 70.9 Å². The monoisotopic (exact) mass is 367 g/mol. The first-order valence-corrected chi connectivity index (χ1v) is 8.58. The summed E-state index contributed by atoms with van der Waals surface area (Å²) in [5.74, 6) is 1.36. The van der Waals surface area contributed by atoms with Crippen molar-refractivity contribution in [3.63, 3.8) is 0 Å². The molecule has 0 unspecified atom stereocenters. The summed E-state index contributed by atoms with van der Waals surface area (Å²) in [5.41, 5.74) is 2.03. The highest BCUT2D eigenvalue weighted by Gasteiger charge is 2.06. The molecule has 3 rings (SSSR count). The summed E-state index contributed by atoms with van der Waals surface area (Å²) in [7, 11) is 1.59. The molecule has 0 aliphatic heterocycles. The normalized spacial score (nSPS) is 11.0. The molecule has 0 spiro atoms. The molecule has 0 atom stereocenters. The number of hydrogen-bond acceptors (Lipinski definition) is 4. The number of nitrogens with zero attached hydrogens (tertiary/aromatic N) is 1. The van der Waals surface area contributed by atoms with Gasteiger partial charge in [0.05, 0.1) is 19.2 Å². The Bertz CT molecular complexity index is 965. The number of ketones is 1. The lowest BCUT2D eigenvalue weighted by atomic mass is 10.1. The lowest BCUT2D eigenvalue weighted by Gasteiger charge is -2.06. The predicted molar refractivity (Wildman–Crippen MR) is 104 cm³/mol. The number of fused-ring (bicyclic) bond motifs is 1. The zero-order valence-corrected chi connectivity index (χ0v) is 15.3. The Hall–Kier alpha value is -2.85. The molecule has 0 radical (unpaired) electrons. The van der Waals surface area contributed by atoms with Crippen LogP contribution >= 0.6 is 11.6 Å². The number of pyridine rings is 1. The first kappa shape index (κ1) is 18.0. The first-order chi connectivity index (χ1) is 12.6. The summed E-state index contributed by atoms with van der Waals surface area (Å²) in [6.45, 7) is 2.53. The number of benzene rings is 2. The molecule has 1 heterocycles. The van der Waals surface area contributed by atoms with Crippen molar-refractivity contribution >= 4 is 34.4 Å². The van der Waals surface area contributed by atoms with Crippen LogP contribution in [0.2, 0.25) is 5.15 Å². The summed E-state index contributed by atoms with van der Waals surface area (Å²) >= 11 is 6.25. The predicted octanol–water partition coefficient (Wildman–Crippen LogP) is 5.19. The number of halogens is 1. The Kier molecular flexibility index (Phi) is 5.54. The van der Waals surface area contributed by atoms with Gasteiger partial charge in [-0.15, -0.1) is 0 Å². The Morgan fingerprint density at radius 2 is 1.85 bits per heavy atom. The fourth-order valence-corrected chi connectivity index (χ4v) is 2.75. The average molecular weight is 368 g/mol. The number of ether oxygens (including phenoxy) is 2. The van der Waals surface area contributed by atoms with Gasteiger partial charge in [0, 0.05) is 16.5 Å². The third kappa shape index (κ3) is 4.03. The molecule has 0 aliphatic rings. The molecule has 4 nitrogen and oxygen atoms in total. The van der Waals surface area contributed by atoms with Gasteiger partial charge in [-0.1, -0.05) is 11.6 Å². The lowest BCUT2D eigenvalue weighted by molar-refractivity contribution is 0.104. The minimum absolute atomic E-state index is 0.119. The molecule has 5 heteroatoms. The van der Waals surface area contributed by atoms with Gasteiger partial charge in [-0.05, 0) is 67.6 Å². The van der Waals surface area contributed by atoms with Crippen molar-refractivity contribution in [1.82, 2.24) is 4.98 Å². The van der Waals surface area contributed by atoms with E-state index >= 15 is 0 Å². The number of aromatic nitrogens is 1. The van der Waals surface area contributed by atoms with Gasteiger partial charge in [-0.25, -0.2) is 4.98 Å². The van der Waals surface area contributed by atoms with Gasteiger partial charge in [0.25, 0.3) is 0 Å². The van der Waals surface area contributed by atoms with E-state index in [1.165, 1.54) is 6.08 Å². The molecule has 0 fully saturated rings. The topological polar surface area (TPSA) is 48.4 Å². The quantitative estimate of drug-likeness (QED) is 0.341. The third-order valence-electron chi connectivity index (χ3n) is 3.87. The van der Waals surface area contributed by atoms with E-state index in [1.807, 2.05) is 31.2 Å². The average Bonchev–Trinajstić information content (AvgIpc) is 2.66. The van der Waals surface area contributed by atoms with Gasteiger partial charge in [0.2, 0.25) is 0 Å². The van der Waals surface area contributed by atoms with Gasteiger partial charge >= 0.3 is 0 Å². The van der Waals surface area contributed by atoms with Crippen molar-refractivity contribution < 1.29 is 14.3 Å². The van der Waals surface area contributed by atoms with Gasteiger partial charge in [-0.3, -0.25) is 4.79 Å². The molecule has 2 aromatic carbocycles. The Balaban J connectivity index is 1.87. The van der Waals surface area contributed by atoms with Crippen molar-refractivity contribution in [1.29, 1.82) is 0 Å². The van der Waals surface area contributed by atoms with Crippen molar-refractivity contribution in [2.45, 2.75) is 6.92 Å². The standard InChI is InChI=1S/C21H18ClNO3/c1-3-26-18-9-10-19-16(13-18)12-15(21(22)23-19)6-11-20(24)14-4-7-17(25-2)8-5-14/h4-13H,3H2,1-2H3/b11-6+. The molecule has 132 valence electrons. The van der Waals surface area contributed by atoms with Crippen LogP contribution in [0, 0.1) is 0 Å². The van der Waals surface area contributed by atoms with Crippen LogP contribution in [0.4, 0.5) is 0 Å². The van der Waals surface area contributed by atoms with Crippen LogP contribution in [0.25, 0.3) is 17.0 Å². The molecule has 26 heavy (non-hydrogen) atoms. The fourth-order valence-electron chi connectivity index (χ4n) is 2.54. The van der Waals surface area contributed by atoms with E-state index in [2.05, 4.69) is 4.98 Å². The first-order valence-electron chi connectivity index (χ1n) is 8.20. The van der Waals surface area contributed by atoms with E-state index < -0.39 is 0 Å². The van der Waals surface area contributed by atoms with Crippen molar-refractivity contribution in [2.75, 3.05) is 13.7 Å². The zero-order chi connectivity index (χ0) is 18.5. The minimum Gasteiger partial charge on any atom is -0.497 e. The Labute approximate surface area is 157 Å². The zero-order valence-electron chi connectivity index (χ0n) is 14.5.